The Balaban J connectivity index is 0.00000155. The van der Waals surface area contributed by atoms with Crippen molar-refractivity contribution in [3.63, 3.8) is 0 Å². The maximum atomic E-state index is 13.9. The Bertz CT molecular complexity index is 663. The third kappa shape index (κ3) is 3.72. The first-order valence-electron chi connectivity index (χ1n) is 6.99. The summed E-state index contributed by atoms with van der Waals surface area (Å²) in [6.45, 7) is 7.31. The van der Waals surface area contributed by atoms with Crippen LogP contribution in [0.15, 0.2) is 24.3 Å². The smallest absolute Gasteiger partial charge is 0.182 e. The standard InChI is InChI=1S/C15H14F3NO.C2H6.H2/c1-8-4-5-12(10(16)6-8)19-15-9(2)13(20-3)7-11(17)14(15)18;1-2;/h4-7,19H,1-3H3;1-2H3;1H. The molecule has 0 aliphatic rings. The largest absolute Gasteiger partial charge is 0.496 e. The van der Waals surface area contributed by atoms with Crippen LogP contribution in [0.2, 0.25) is 0 Å². The van der Waals surface area contributed by atoms with Gasteiger partial charge in [0.05, 0.1) is 18.5 Å². The zero-order valence-corrected chi connectivity index (χ0v) is 13.4. The number of methoxy groups -OCH3 is 1. The second kappa shape index (κ2) is 7.73. The van der Waals surface area contributed by atoms with Crippen LogP contribution in [-0.4, -0.2) is 7.11 Å². The molecular formula is C17H22F3NO. The molecule has 2 aromatic carbocycles. The van der Waals surface area contributed by atoms with Crippen molar-refractivity contribution < 1.29 is 19.3 Å². The van der Waals surface area contributed by atoms with Gasteiger partial charge in [-0.1, -0.05) is 19.9 Å². The highest BCUT2D eigenvalue weighted by Gasteiger charge is 2.17. The van der Waals surface area contributed by atoms with Crippen LogP contribution >= 0.6 is 0 Å². The number of hydrogen-bond acceptors (Lipinski definition) is 2. The fourth-order valence-corrected chi connectivity index (χ4v) is 1.91. The third-order valence-corrected chi connectivity index (χ3v) is 3.04. The lowest BCUT2D eigenvalue weighted by atomic mass is 10.1. The minimum absolute atomic E-state index is 0. The van der Waals surface area contributed by atoms with E-state index in [-0.39, 0.29) is 18.6 Å². The van der Waals surface area contributed by atoms with Crippen molar-refractivity contribution in [2.24, 2.45) is 0 Å². The molecule has 0 unspecified atom stereocenters. The summed E-state index contributed by atoms with van der Waals surface area (Å²) in [6, 6.07) is 5.42. The Hall–Kier alpha value is -2.17. The van der Waals surface area contributed by atoms with Crippen molar-refractivity contribution in [2.45, 2.75) is 27.7 Å². The van der Waals surface area contributed by atoms with Gasteiger partial charge in [0, 0.05) is 13.1 Å². The van der Waals surface area contributed by atoms with Gasteiger partial charge < -0.3 is 10.1 Å². The number of nitrogens with one attached hydrogen (secondary N) is 1. The van der Waals surface area contributed by atoms with Crippen molar-refractivity contribution in [3.05, 3.63) is 52.8 Å². The molecule has 0 saturated carbocycles. The average molecular weight is 313 g/mol. The van der Waals surface area contributed by atoms with E-state index in [1.54, 1.807) is 19.9 Å². The summed E-state index contributed by atoms with van der Waals surface area (Å²) < 4.78 is 46.1. The molecule has 0 saturated heterocycles. The predicted molar refractivity (Wildman–Crippen MR) is 85.5 cm³/mol. The van der Waals surface area contributed by atoms with Crippen LogP contribution in [0.1, 0.15) is 26.4 Å². The molecule has 2 aromatic rings. The molecule has 0 aliphatic carbocycles. The van der Waals surface area contributed by atoms with Crippen LogP contribution in [0.3, 0.4) is 0 Å². The average Bonchev–Trinajstić information content (AvgIpc) is 2.51. The van der Waals surface area contributed by atoms with Gasteiger partial charge in [0.1, 0.15) is 11.6 Å². The van der Waals surface area contributed by atoms with Crippen molar-refractivity contribution in [1.82, 2.24) is 0 Å². The molecule has 0 bridgehead atoms. The van der Waals surface area contributed by atoms with Crippen LogP contribution in [0.5, 0.6) is 5.75 Å². The summed E-state index contributed by atoms with van der Waals surface area (Å²) in [5, 5.41) is 2.58. The molecule has 2 rings (SSSR count). The van der Waals surface area contributed by atoms with E-state index < -0.39 is 17.5 Å². The molecule has 0 fully saturated rings. The first-order valence-corrected chi connectivity index (χ1v) is 6.99. The number of halogens is 3. The Labute approximate surface area is 130 Å². The highest BCUT2D eigenvalue weighted by molar-refractivity contribution is 5.67. The van der Waals surface area contributed by atoms with Crippen LogP contribution in [0, 0.1) is 31.3 Å². The van der Waals surface area contributed by atoms with Gasteiger partial charge in [0.15, 0.2) is 11.6 Å². The van der Waals surface area contributed by atoms with E-state index in [1.165, 1.54) is 19.2 Å². The summed E-state index contributed by atoms with van der Waals surface area (Å²) >= 11 is 0. The van der Waals surface area contributed by atoms with E-state index in [2.05, 4.69) is 5.32 Å². The second-order valence-electron chi connectivity index (χ2n) is 4.48. The molecule has 0 aromatic heterocycles. The molecule has 122 valence electrons. The van der Waals surface area contributed by atoms with E-state index in [9.17, 15) is 13.2 Å². The number of benzene rings is 2. The number of aryl methyl sites for hydroxylation is 1. The molecular weight excluding hydrogens is 291 g/mol. The molecule has 22 heavy (non-hydrogen) atoms. The van der Waals surface area contributed by atoms with Gasteiger partial charge in [-0.15, -0.1) is 0 Å². The molecule has 2 nitrogen and oxygen atoms in total. The number of anilines is 2. The lowest BCUT2D eigenvalue weighted by Crippen LogP contribution is -2.03. The van der Waals surface area contributed by atoms with Crippen LogP contribution < -0.4 is 10.1 Å². The molecule has 0 spiro atoms. The zero-order valence-electron chi connectivity index (χ0n) is 13.4. The molecule has 5 heteroatoms. The first-order chi connectivity index (χ1) is 10.4. The molecule has 0 atom stereocenters. The molecule has 0 radical (unpaired) electrons. The number of hydrogen-bond donors (Lipinski definition) is 1. The Morgan fingerprint density at radius 1 is 1.00 bits per heavy atom. The fraction of sp³-hybridized carbons (Fsp3) is 0.294. The van der Waals surface area contributed by atoms with Crippen LogP contribution in [0.25, 0.3) is 0 Å². The minimum Gasteiger partial charge on any atom is -0.496 e. The molecule has 0 aliphatic heterocycles. The van der Waals surface area contributed by atoms with Gasteiger partial charge >= 0.3 is 0 Å². The van der Waals surface area contributed by atoms with Crippen molar-refractivity contribution >= 4 is 11.4 Å². The summed E-state index contributed by atoms with van der Waals surface area (Å²) in [5.74, 6) is -2.46. The van der Waals surface area contributed by atoms with Crippen molar-refractivity contribution in [3.8, 4) is 5.75 Å². The fourth-order valence-electron chi connectivity index (χ4n) is 1.91. The maximum absolute atomic E-state index is 13.9. The van der Waals surface area contributed by atoms with Gasteiger partial charge in [-0.25, -0.2) is 13.2 Å². The van der Waals surface area contributed by atoms with E-state index in [0.29, 0.717) is 5.56 Å². The third-order valence-electron chi connectivity index (χ3n) is 3.04. The van der Waals surface area contributed by atoms with Gasteiger partial charge in [-0.05, 0) is 31.5 Å². The quantitative estimate of drug-likeness (QED) is 0.779. The lowest BCUT2D eigenvalue weighted by Gasteiger charge is -2.15. The van der Waals surface area contributed by atoms with Crippen LogP contribution in [-0.2, 0) is 0 Å². The summed E-state index contributed by atoms with van der Waals surface area (Å²) in [6.07, 6.45) is 0. The molecule has 0 heterocycles. The lowest BCUT2D eigenvalue weighted by molar-refractivity contribution is 0.404. The monoisotopic (exact) mass is 313 g/mol. The summed E-state index contributed by atoms with van der Waals surface area (Å²) in [4.78, 5) is 0. The zero-order chi connectivity index (χ0) is 16.9. The second-order valence-corrected chi connectivity index (χ2v) is 4.48. The van der Waals surface area contributed by atoms with Crippen molar-refractivity contribution in [1.29, 1.82) is 0 Å². The van der Waals surface area contributed by atoms with Crippen molar-refractivity contribution in [2.75, 3.05) is 12.4 Å². The van der Waals surface area contributed by atoms with E-state index in [0.717, 1.165) is 11.6 Å². The number of rotatable bonds is 3. The topological polar surface area (TPSA) is 21.3 Å². The van der Waals surface area contributed by atoms with E-state index >= 15 is 0 Å². The minimum atomic E-state index is -1.07. The predicted octanol–water partition coefficient (Wildman–Crippen LogP) is 5.75. The SMILES string of the molecule is CC.COc1cc(F)c(F)c(Nc2ccc(C)cc2F)c1C.[HH]. The highest BCUT2D eigenvalue weighted by Crippen LogP contribution is 2.33. The van der Waals surface area contributed by atoms with Crippen LogP contribution in [0.4, 0.5) is 24.5 Å². The molecule has 0 amide bonds. The summed E-state index contributed by atoms with van der Waals surface area (Å²) in [5.41, 5.74) is 1.04. The Morgan fingerprint density at radius 3 is 2.18 bits per heavy atom. The Kier molecular flexibility index (Phi) is 6.28. The van der Waals surface area contributed by atoms with E-state index in [1.807, 2.05) is 13.8 Å². The normalized spacial score (nSPS) is 9.82. The summed E-state index contributed by atoms with van der Waals surface area (Å²) in [7, 11) is 1.36. The maximum Gasteiger partial charge on any atom is 0.182 e. The number of ether oxygens (including phenoxy) is 1. The highest BCUT2D eigenvalue weighted by atomic mass is 19.2. The Morgan fingerprint density at radius 2 is 1.64 bits per heavy atom. The molecule has 1 N–H and O–H groups in total. The van der Waals surface area contributed by atoms with Gasteiger partial charge in [-0.3, -0.25) is 0 Å². The first kappa shape index (κ1) is 17.9. The van der Waals surface area contributed by atoms with Gasteiger partial charge in [-0.2, -0.15) is 0 Å². The van der Waals surface area contributed by atoms with Gasteiger partial charge in [0.2, 0.25) is 0 Å². The van der Waals surface area contributed by atoms with Gasteiger partial charge in [0.25, 0.3) is 0 Å². The van der Waals surface area contributed by atoms with E-state index in [4.69, 9.17) is 4.74 Å².